The molecule has 9 aromatic rings. The Kier molecular flexibility index (Phi) is 10.5. The van der Waals surface area contributed by atoms with Crippen LogP contribution < -0.4 is 20.0 Å². The summed E-state index contributed by atoms with van der Waals surface area (Å²) in [7, 11) is 0. The zero-order valence-corrected chi connectivity index (χ0v) is 46.2. The van der Waals surface area contributed by atoms with Gasteiger partial charge in [0.05, 0.1) is 11.4 Å². The summed E-state index contributed by atoms with van der Waals surface area (Å²) in [4.78, 5) is 5.51. The molecule has 8 aromatic carbocycles. The fraction of sp³-hybridized carbons (Fsp3) is 0.286. The standard InChI is InChI=1S/C70H69BN2S/c1-66(2,3)49-28-32-59(51(40-49)46-25-19-14-20-26-46)72-61-39-48(45-23-17-13-18-24-45)38-53-52-37-47(44-21-15-12-16-22-44)27-31-60(52)73(50-29-30-55-56(41-50)68(6,7)34-33-67(55,4)5)71(63(53)61)65-64(72)54-42-57-58(43-62(54)74-65)70(10,11)36-35-69(57,8)9/h12-32,37-43H,33-36H2,1-11H3. The van der Waals surface area contributed by atoms with Gasteiger partial charge in [0.25, 0.3) is 0 Å². The highest BCUT2D eigenvalue weighted by Crippen LogP contribution is 2.56. The van der Waals surface area contributed by atoms with E-state index in [1.807, 2.05) is 11.3 Å². The molecule has 0 unspecified atom stereocenters. The van der Waals surface area contributed by atoms with Gasteiger partial charge in [-0.15, -0.1) is 11.3 Å². The molecule has 0 radical (unpaired) electrons. The van der Waals surface area contributed by atoms with Crippen LogP contribution in [0.1, 0.15) is 130 Å². The summed E-state index contributed by atoms with van der Waals surface area (Å²) in [5.41, 5.74) is 25.1. The minimum absolute atomic E-state index is 0.0401. The Morgan fingerprint density at radius 2 is 0.973 bits per heavy atom. The average Bonchev–Trinajstić information content (AvgIpc) is 3.81. The van der Waals surface area contributed by atoms with Gasteiger partial charge in [0.2, 0.25) is 0 Å². The van der Waals surface area contributed by atoms with Gasteiger partial charge in [-0.25, -0.2) is 0 Å². The fourth-order valence-electron chi connectivity index (χ4n) is 13.4. The SMILES string of the molecule is CC(C)(C)c1ccc(N2c3cc(-c4ccccc4)cc4c3B(c3sc5cc6c(cc5c32)C(C)(C)CCC6(C)C)N(c2ccc3c(c2)C(C)(C)CCC3(C)C)c2ccc(-c3ccccc3)cc2-4)c(-c2ccccc2)c1. The molecule has 4 heteroatoms. The zero-order valence-electron chi connectivity index (χ0n) is 45.4. The van der Waals surface area contributed by atoms with E-state index in [-0.39, 0.29) is 33.9 Å². The Morgan fingerprint density at radius 3 is 1.59 bits per heavy atom. The van der Waals surface area contributed by atoms with Crippen LogP contribution in [-0.4, -0.2) is 6.85 Å². The third kappa shape index (κ3) is 7.32. The van der Waals surface area contributed by atoms with Gasteiger partial charge in [-0.05, 0) is 180 Å². The number of nitrogens with zero attached hydrogens (tertiary/aromatic N) is 2. The van der Waals surface area contributed by atoms with E-state index >= 15 is 0 Å². The normalized spacial score (nSPS) is 17.5. The number of rotatable bonds is 5. The Balaban J connectivity index is 1.20. The quantitative estimate of drug-likeness (QED) is 0.159. The van der Waals surface area contributed by atoms with Crippen LogP contribution in [0, 0.1) is 0 Å². The lowest BCUT2D eigenvalue weighted by Gasteiger charge is -2.46. The first kappa shape index (κ1) is 47.1. The molecular weight excluding hydrogens is 912 g/mol. The second-order valence-electron chi connectivity index (χ2n) is 25.9. The Bertz CT molecular complexity index is 3720. The van der Waals surface area contributed by atoms with Crippen LogP contribution >= 0.6 is 11.3 Å². The fourth-order valence-corrected chi connectivity index (χ4v) is 14.7. The third-order valence-corrected chi connectivity index (χ3v) is 19.3. The highest BCUT2D eigenvalue weighted by molar-refractivity contribution is 7.32. The largest absolute Gasteiger partial charge is 0.376 e. The lowest BCUT2D eigenvalue weighted by molar-refractivity contribution is 0.332. The second kappa shape index (κ2) is 16.4. The summed E-state index contributed by atoms with van der Waals surface area (Å²) >= 11 is 2.04. The molecule has 0 saturated carbocycles. The topological polar surface area (TPSA) is 6.48 Å². The van der Waals surface area contributed by atoms with Crippen LogP contribution in [0.4, 0.5) is 28.4 Å². The highest BCUT2D eigenvalue weighted by atomic mass is 32.1. The molecule has 0 spiro atoms. The maximum absolute atomic E-state index is 2.77. The number of fused-ring (bicyclic) bond motifs is 8. The molecule has 2 nitrogen and oxygen atoms in total. The van der Waals surface area contributed by atoms with Gasteiger partial charge in [0, 0.05) is 43.1 Å². The first-order valence-corrected chi connectivity index (χ1v) is 28.1. The van der Waals surface area contributed by atoms with Gasteiger partial charge in [-0.3, -0.25) is 0 Å². The van der Waals surface area contributed by atoms with E-state index in [0.717, 1.165) is 12.8 Å². The third-order valence-electron chi connectivity index (χ3n) is 18.1. The van der Waals surface area contributed by atoms with Crippen molar-refractivity contribution >= 4 is 66.9 Å². The van der Waals surface area contributed by atoms with Crippen molar-refractivity contribution in [3.8, 4) is 44.5 Å². The first-order chi connectivity index (χ1) is 35.3. The van der Waals surface area contributed by atoms with E-state index in [1.54, 1.807) is 0 Å². The van der Waals surface area contributed by atoms with E-state index < -0.39 is 0 Å². The van der Waals surface area contributed by atoms with E-state index in [0.29, 0.717) is 0 Å². The Labute approximate surface area is 445 Å². The number of anilines is 5. The molecule has 0 amide bonds. The molecule has 2 aliphatic heterocycles. The van der Waals surface area contributed by atoms with Crippen LogP contribution in [0.2, 0.25) is 0 Å². The molecule has 13 rings (SSSR count). The van der Waals surface area contributed by atoms with Crippen molar-refractivity contribution in [1.82, 2.24) is 0 Å². The first-order valence-electron chi connectivity index (χ1n) is 27.3. The van der Waals surface area contributed by atoms with E-state index in [2.05, 4.69) is 256 Å². The van der Waals surface area contributed by atoms with Gasteiger partial charge in [-0.2, -0.15) is 0 Å². The molecule has 0 saturated heterocycles. The van der Waals surface area contributed by atoms with Crippen LogP contribution in [0.15, 0.2) is 170 Å². The summed E-state index contributed by atoms with van der Waals surface area (Å²) in [5.74, 6) is 0. The highest BCUT2D eigenvalue weighted by Gasteiger charge is 2.49. The number of thiophene rings is 1. The molecule has 1 aromatic heterocycles. The summed E-state index contributed by atoms with van der Waals surface area (Å²) in [6, 6.07) is 65.9. The van der Waals surface area contributed by atoms with Crippen molar-refractivity contribution < 1.29 is 0 Å². The van der Waals surface area contributed by atoms with Crippen molar-refractivity contribution in [1.29, 1.82) is 0 Å². The van der Waals surface area contributed by atoms with Gasteiger partial charge in [0.1, 0.15) is 0 Å². The Morgan fingerprint density at radius 1 is 0.432 bits per heavy atom. The molecule has 2 aliphatic carbocycles. The summed E-state index contributed by atoms with van der Waals surface area (Å²) in [6.07, 6.45) is 4.69. The lowest BCUT2D eigenvalue weighted by atomic mass is 9.46. The molecule has 74 heavy (non-hydrogen) atoms. The zero-order chi connectivity index (χ0) is 51.3. The smallest absolute Gasteiger partial charge is 0.343 e. The average molecular weight is 981 g/mol. The van der Waals surface area contributed by atoms with Gasteiger partial charge < -0.3 is 9.71 Å². The number of hydrogen-bond donors (Lipinski definition) is 0. The lowest BCUT2D eigenvalue weighted by Crippen LogP contribution is -2.60. The maximum atomic E-state index is 2.77. The Hall–Kier alpha value is -6.62. The van der Waals surface area contributed by atoms with Crippen molar-refractivity contribution in [2.24, 2.45) is 0 Å². The summed E-state index contributed by atoms with van der Waals surface area (Å²) in [6.45, 7) is 26.7. The van der Waals surface area contributed by atoms with Crippen LogP contribution in [-0.2, 0) is 27.1 Å². The monoisotopic (exact) mass is 981 g/mol. The van der Waals surface area contributed by atoms with Gasteiger partial charge in [-0.1, -0.05) is 185 Å². The molecule has 0 bridgehead atoms. The molecule has 0 N–H and O–H groups in total. The van der Waals surface area contributed by atoms with Crippen molar-refractivity contribution in [2.45, 2.75) is 129 Å². The number of benzene rings is 8. The minimum Gasteiger partial charge on any atom is -0.376 e. The predicted octanol–water partition coefficient (Wildman–Crippen LogP) is 18.6. The van der Waals surface area contributed by atoms with E-state index in [1.165, 1.54) is 134 Å². The minimum atomic E-state index is -0.103. The molecule has 3 heterocycles. The molecule has 0 atom stereocenters. The summed E-state index contributed by atoms with van der Waals surface area (Å²) in [5, 5.41) is 1.35. The van der Waals surface area contributed by atoms with Crippen LogP contribution in [0.3, 0.4) is 0 Å². The molecular formula is C70H69BN2S. The van der Waals surface area contributed by atoms with Crippen molar-refractivity contribution in [3.63, 3.8) is 0 Å². The molecule has 368 valence electrons. The van der Waals surface area contributed by atoms with Gasteiger partial charge in [0.15, 0.2) is 0 Å². The van der Waals surface area contributed by atoms with Crippen molar-refractivity contribution in [2.75, 3.05) is 9.71 Å². The number of hydrogen-bond acceptors (Lipinski definition) is 3. The predicted molar refractivity (Wildman–Crippen MR) is 321 cm³/mol. The second-order valence-corrected chi connectivity index (χ2v) is 26.9. The van der Waals surface area contributed by atoms with Crippen molar-refractivity contribution in [3.05, 3.63) is 198 Å². The molecule has 4 aliphatic rings. The molecule has 0 fully saturated rings. The summed E-state index contributed by atoms with van der Waals surface area (Å²) < 4.78 is 2.77. The maximum Gasteiger partial charge on any atom is 0.343 e. The van der Waals surface area contributed by atoms with Crippen LogP contribution in [0.5, 0.6) is 0 Å². The van der Waals surface area contributed by atoms with Crippen LogP contribution in [0.25, 0.3) is 54.6 Å². The van der Waals surface area contributed by atoms with E-state index in [9.17, 15) is 0 Å². The van der Waals surface area contributed by atoms with E-state index in [4.69, 9.17) is 0 Å². The van der Waals surface area contributed by atoms with Gasteiger partial charge >= 0.3 is 6.85 Å².